The maximum atomic E-state index is 12.9. The highest BCUT2D eigenvalue weighted by atomic mass is 16.3. The minimum absolute atomic E-state index is 0.267. The molecule has 0 bridgehead atoms. The first-order valence-electron chi connectivity index (χ1n) is 8.01. The monoisotopic (exact) mass is 316 g/mol. The first-order chi connectivity index (χ1) is 11.4. The molecule has 0 amide bonds. The number of benzene rings is 2. The van der Waals surface area contributed by atoms with E-state index in [1.54, 1.807) is 6.07 Å². The van der Waals surface area contributed by atoms with Crippen LogP contribution in [0.3, 0.4) is 0 Å². The highest BCUT2D eigenvalue weighted by Crippen LogP contribution is 2.40. The first kappa shape index (κ1) is 15.2. The SMILES string of the molecule is [B]c1cccc(N2CC[C@@]3(O)C(=O)c4cc(C)c(C)cc4N=C23)c1. The number of rotatable bonds is 1. The third kappa shape index (κ3) is 2.05. The smallest absolute Gasteiger partial charge is 0.204 e. The minimum Gasteiger partial charge on any atom is -0.374 e. The average molecular weight is 316 g/mol. The molecule has 2 heterocycles. The van der Waals surface area contributed by atoms with E-state index in [9.17, 15) is 9.90 Å². The minimum atomic E-state index is -1.56. The molecular weight excluding hydrogens is 299 g/mol. The third-order valence-electron chi connectivity index (χ3n) is 4.96. The number of anilines is 1. The molecule has 0 saturated carbocycles. The number of carbonyl (C=O) groups excluding carboxylic acids is 1. The van der Waals surface area contributed by atoms with Crippen LogP contribution in [0.25, 0.3) is 0 Å². The Balaban J connectivity index is 1.89. The van der Waals surface area contributed by atoms with Gasteiger partial charge in [0, 0.05) is 24.2 Å². The van der Waals surface area contributed by atoms with Gasteiger partial charge >= 0.3 is 0 Å². The molecule has 2 radical (unpaired) electrons. The van der Waals surface area contributed by atoms with E-state index in [0.717, 1.165) is 16.8 Å². The van der Waals surface area contributed by atoms with Crippen LogP contribution in [0.15, 0.2) is 41.4 Å². The number of hydrogen-bond donors (Lipinski definition) is 1. The lowest BCUT2D eigenvalue weighted by molar-refractivity contribution is 0.0602. The van der Waals surface area contributed by atoms with Gasteiger partial charge in [0.2, 0.25) is 5.78 Å². The van der Waals surface area contributed by atoms with Crippen LogP contribution in [0, 0.1) is 13.8 Å². The van der Waals surface area contributed by atoms with Crippen molar-refractivity contribution in [1.82, 2.24) is 0 Å². The molecule has 2 aromatic carbocycles. The van der Waals surface area contributed by atoms with Crippen LogP contribution >= 0.6 is 0 Å². The molecule has 0 spiro atoms. The van der Waals surface area contributed by atoms with Gasteiger partial charge in [-0.25, -0.2) is 4.99 Å². The summed E-state index contributed by atoms with van der Waals surface area (Å²) in [5, 5.41) is 11.0. The highest BCUT2D eigenvalue weighted by molar-refractivity contribution is 6.33. The molecule has 0 unspecified atom stereocenters. The summed E-state index contributed by atoms with van der Waals surface area (Å²) >= 11 is 0. The molecule has 5 heteroatoms. The number of aliphatic imine (C=N–C) groups is 1. The number of ketones is 1. The van der Waals surface area contributed by atoms with Crippen LogP contribution in [-0.2, 0) is 0 Å². The number of aryl methyl sites for hydroxylation is 2. The summed E-state index contributed by atoms with van der Waals surface area (Å²) in [5.41, 5.74) is 3.14. The summed E-state index contributed by atoms with van der Waals surface area (Å²) in [6.45, 7) is 4.47. The van der Waals surface area contributed by atoms with Gasteiger partial charge in [-0.15, -0.1) is 0 Å². The van der Waals surface area contributed by atoms with Gasteiger partial charge in [0.25, 0.3) is 0 Å². The zero-order valence-corrected chi connectivity index (χ0v) is 13.7. The molecule has 118 valence electrons. The van der Waals surface area contributed by atoms with Crippen molar-refractivity contribution in [2.75, 3.05) is 11.4 Å². The van der Waals surface area contributed by atoms with Gasteiger partial charge < -0.3 is 10.0 Å². The molecule has 1 N–H and O–H groups in total. The third-order valence-corrected chi connectivity index (χ3v) is 4.96. The average Bonchev–Trinajstić information content (AvgIpc) is 2.88. The molecule has 2 aliphatic rings. The van der Waals surface area contributed by atoms with Crippen molar-refractivity contribution in [2.24, 2.45) is 4.99 Å². The fourth-order valence-electron chi connectivity index (χ4n) is 3.44. The standard InChI is InChI=1S/C19H17BN2O2/c1-11-8-15-16(9-12(11)2)21-18-19(24,17(15)23)6-7-22(18)14-5-3-4-13(20)10-14/h3-5,8-10,24H,6-7H2,1-2H3/t19-/m1/s1. The number of aliphatic hydroxyl groups is 1. The predicted molar refractivity (Wildman–Crippen MR) is 96.1 cm³/mol. The van der Waals surface area contributed by atoms with Crippen molar-refractivity contribution in [3.05, 3.63) is 53.1 Å². The summed E-state index contributed by atoms with van der Waals surface area (Å²) in [5.74, 6) is 0.130. The van der Waals surface area contributed by atoms with Crippen LogP contribution < -0.4 is 10.4 Å². The Kier molecular flexibility index (Phi) is 3.19. The summed E-state index contributed by atoms with van der Waals surface area (Å²) in [7, 11) is 5.87. The summed E-state index contributed by atoms with van der Waals surface area (Å²) in [6, 6.07) is 11.1. The van der Waals surface area contributed by atoms with E-state index in [-0.39, 0.29) is 5.78 Å². The number of fused-ring (bicyclic) bond motifs is 2. The molecule has 24 heavy (non-hydrogen) atoms. The van der Waals surface area contributed by atoms with Crippen LogP contribution in [-0.4, -0.2) is 36.7 Å². The molecule has 0 aromatic heterocycles. The lowest BCUT2D eigenvalue weighted by Gasteiger charge is -2.30. The van der Waals surface area contributed by atoms with Crippen molar-refractivity contribution in [1.29, 1.82) is 0 Å². The number of nitrogens with zero attached hydrogens (tertiary/aromatic N) is 2. The van der Waals surface area contributed by atoms with Crippen molar-refractivity contribution in [2.45, 2.75) is 25.9 Å². The fourth-order valence-corrected chi connectivity index (χ4v) is 3.44. The van der Waals surface area contributed by atoms with Gasteiger partial charge in [0.15, 0.2) is 5.60 Å². The Morgan fingerprint density at radius 2 is 1.96 bits per heavy atom. The molecule has 1 fully saturated rings. The summed E-state index contributed by atoms with van der Waals surface area (Å²) in [6.07, 6.45) is 0.325. The Morgan fingerprint density at radius 3 is 2.71 bits per heavy atom. The zero-order chi connectivity index (χ0) is 17.1. The molecular formula is C19H17BN2O2. The molecule has 1 saturated heterocycles. The lowest BCUT2D eigenvalue weighted by Crippen LogP contribution is -2.48. The fraction of sp³-hybridized carbons (Fsp3) is 0.263. The predicted octanol–water partition coefficient (Wildman–Crippen LogP) is 1.96. The number of carbonyl (C=O) groups is 1. The molecule has 4 rings (SSSR count). The number of amidine groups is 1. The summed E-state index contributed by atoms with van der Waals surface area (Å²) < 4.78 is 0. The highest BCUT2D eigenvalue weighted by Gasteiger charge is 2.52. The van der Waals surface area contributed by atoms with Crippen LogP contribution in [0.1, 0.15) is 27.9 Å². The van der Waals surface area contributed by atoms with Crippen LogP contribution in [0.5, 0.6) is 0 Å². The van der Waals surface area contributed by atoms with Gasteiger partial charge in [-0.05, 0) is 49.2 Å². The molecule has 4 nitrogen and oxygen atoms in total. The zero-order valence-electron chi connectivity index (χ0n) is 13.7. The quantitative estimate of drug-likeness (QED) is 0.819. The maximum absolute atomic E-state index is 12.9. The number of hydrogen-bond acceptors (Lipinski definition) is 4. The maximum Gasteiger partial charge on any atom is 0.204 e. The van der Waals surface area contributed by atoms with E-state index in [1.165, 1.54) is 0 Å². The van der Waals surface area contributed by atoms with Crippen molar-refractivity contribution >= 4 is 36.3 Å². The molecule has 0 aliphatic carbocycles. The number of Topliss-reactive ketones (excluding diaryl/α,β-unsaturated/α-hetero) is 1. The van der Waals surface area contributed by atoms with Gasteiger partial charge in [-0.2, -0.15) is 0 Å². The normalized spacial score (nSPS) is 22.2. The van der Waals surface area contributed by atoms with E-state index in [0.29, 0.717) is 35.5 Å². The van der Waals surface area contributed by atoms with Crippen molar-refractivity contribution in [3.63, 3.8) is 0 Å². The van der Waals surface area contributed by atoms with E-state index in [1.807, 2.05) is 49.1 Å². The lowest BCUT2D eigenvalue weighted by atomic mass is 9.86. The molecule has 1 atom stereocenters. The van der Waals surface area contributed by atoms with Gasteiger partial charge in [0.05, 0.1) is 5.69 Å². The Morgan fingerprint density at radius 1 is 1.21 bits per heavy atom. The van der Waals surface area contributed by atoms with Crippen molar-refractivity contribution < 1.29 is 9.90 Å². The first-order valence-corrected chi connectivity index (χ1v) is 8.01. The van der Waals surface area contributed by atoms with E-state index in [4.69, 9.17) is 7.85 Å². The Hall–Kier alpha value is -2.40. The molecule has 2 aliphatic heterocycles. The second-order valence-corrected chi connectivity index (χ2v) is 6.58. The topological polar surface area (TPSA) is 52.9 Å². The second kappa shape index (κ2) is 5.05. The van der Waals surface area contributed by atoms with Gasteiger partial charge in [-0.3, -0.25) is 4.79 Å². The largest absolute Gasteiger partial charge is 0.374 e. The Bertz CT molecular complexity index is 906. The van der Waals surface area contributed by atoms with E-state index in [2.05, 4.69) is 4.99 Å². The van der Waals surface area contributed by atoms with Gasteiger partial charge in [-0.1, -0.05) is 17.6 Å². The van der Waals surface area contributed by atoms with Crippen molar-refractivity contribution in [3.8, 4) is 0 Å². The van der Waals surface area contributed by atoms with Crippen LogP contribution in [0.4, 0.5) is 11.4 Å². The van der Waals surface area contributed by atoms with E-state index < -0.39 is 5.60 Å². The summed E-state index contributed by atoms with van der Waals surface area (Å²) in [4.78, 5) is 19.5. The van der Waals surface area contributed by atoms with Gasteiger partial charge in [0.1, 0.15) is 13.7 Å². The second-order valence-electron chi connectivity index (χ2n) is 6.58. The van der Waals surface area contributed by atoms with E-state index >= 15 is 0 Å². The molecule has 2 aromatic rings. The van der Waals surface area contributed by atoms with Crippen LogP contribution in [0.2, 0.25) is 0 Å². The Labute approximate surface area is 142 Å².